The number of rotatable bonds is 4. The molecule has 0 aliphatic carbocycles. The van der Waals surface area contributed by atoms with Crippen LogP contribution in [0.2, 0.25) is 10.2 Å². The van der Waals surface area contributed by atoms with E-state index in [-0.39, 0.29) is 21.6 Å². The fourth-order valence-corrected chi connectivity index (χ4v) is 3.07. The Kier molecular flexibility index (Phi) is 5.51. The molecule has 0 aliphatic heterocycles. The molecule has 1 aromatic carbocycles. The Morgan fingerprint density at radius 3 is 2.32 bits per heavy atom. The van der Waals surface area contributed by atoms with Gasteiger partial charge >= 0.3 is 6.18 Å². The van der Waals surface area contributed by atoms with Crippen molar-refractivity contribution in [3.63, 3.8) is 0 Å². The van der Waals surface area contributed by atoms with Crippen LogP contribution in [0.3, 0.4) is 0 Å². The van der Waals surface area contributed by atoms with E-state index >= 15 is 0 Å². The van der Waals surface area contributed by atoms with Crippen LogP contribution in [0.1, 0.15) is 24.0 Å². The number of aliphatic hydroxyl groups is 1. The van der Waals surface area contributed by atoms with Crippen LogP contribution < -0.4 is 4.74 Å². The summed E-state index contributed by atoms with van der Waals surface area (Å²) in [6.07, 6.45) is -5.08. The van der Waals surface area contributed by atoms with Crippen LogP contribution in [0, 0.1) is 5.82 Å². The predicted octanol–water partition coefficient (Wildman–Crippen LogP) is 5.09. The lowest BCUT2D eigenvalue weighted by atomic mass is 9.78. The van der Waals surface area contributed by atoms with E-state index in [9.17, 15) is 22.7 Å². The number of benzene rings is 1. The minimum Gasteiger partial charge on any atom is -0.481 e. The molecule has 2 aromatic rings. The van der Waals surface area contributed by atoms with Crippen molar-refractivity contribution in [2.24, 2.45) is 0 Å². The van der Waals surface area contributed by atoms with E-state index in [1.807, 2.05) is 0 Å². The van der Waals surface area contributed by atoms with Crippen LogP contribution in [-0.4, -0.2) is 23.4 Å². The number of alkyl halides is 3. The molecule has 0 amide bonds. The van der Waals surface area contributed by atoms with Crippen molar-refractivity contribution in [3.8, 4) is 5.88 Å². The van der Waals surface area contributed by atoms with Crippen LogP contribution in [0.5, 0.6) is 5.88 Å². The molecule has 0 bridgehead atoms. The van der Waals surface area contributed by atoms with Crippen molar-refractivity contribution in [2.75, 3.05) is 7.11 Å². The molecule has 2 unspecified atom stereocenters. The number of methoxy groups -OCH3 is 1. The quantitative estimate of drug-likeness (QED) is 0.577. The van der Waals surface area contributed by atoms with E-state index in [1.54, 1.807) is 0 Å². The van der Waals surface area contributed by atoms with Gasteiger partial charge in [0.1, 0.15) is 11.0 Å². The zero-order valence-electron chi connectivity index (χ0n) is 13.0. The lowest BCUT2D eigenvalue weighted by Gasteiger charge is -2.37. The molecule has 0 fully saturated rings. The van der Waals surface area contributed by atoms with Crippen molar-refractivity contribution < 1.29 is 27.4 Å². The van der Waals surface area contributed by atoms with E-state index in [2.05, 4.69) is 4.98 Å². The summed E-state index contributed by atoms with van der Waals surface area (Å²) >= 11 is 11.6. The highest BCUT2D eigenvalue weighted by atomic mass is 35.5. The molecule has 0 spiro atoms. The standard InChI is InChI=1S/C16H13Cl2F4NO2/c1-8(11-4-3-10(19)7-12(11)17)15(24,16(20,21)22)9-5-13(18)23-14(6-9)25-2/h3-8,24H,1-2H3. The molecule has 136 valence electrons. The average Bonchev–Trinajstić information content (AvgIpc) is 2.51. The van der Waals surface area contributed by atoms with Crippen LogP contribution in [0.25, 0.3) is 0 Å². The Bertz CT molecular complexity index is 785. The second-order valence-electron chi connectivity index (χ2n) is 5.37. The molecule has 1 N–H and O–H groups in total. The van der Waals surface area contributed by atoms with Gasteiger partial charge in [0.15, 0.2) is 5.60 Å². The first-order valence-corrected chi connectivity index (χ1v) is 7.72. The van der Waals surface area contributed by atoms with Gasteiger partial charge in [-0.3, -0.25) is 0 Å². The summed E-state index contributed by atoms with van der Waals surface area (Å²) in [4.78, 5) is 3.70. The smallest absolute Gasteiger partial charge is 0.422 e. The summed E-state index contributed by atoms with van der Waals surface area (Å²) in [6, 6.07) is 4.77. The summed E-state index contributed by atoms with van der Waals surface area (Å²) in [5, 5.41) is 10.1. The fraction of sp³-hybridized carbons (Fsp3) is 0.312. The minimum atomic E-state index is -5.08. The molecule has 9 heteroatoms. The molecule has 0 saturated heterocycles. The Morgan fingerprint density at radius 2 is 1.80 bits per heavy atom. The maximum absolute atomic E-state index is 13.8. The summed E-state index contributed by atoms with van der Waals surface area (Å²) in [6.45, 7) is 1.13. The Balaban J connectivity index is 2.68. The van der Waals surface area contributed by atoms with Gasteiger partial charge in [0, 0.05) is 22.6 Å². The number of aromatic nitrogens is 1. The van der Waals surface area contributed by atoms with Gasteiger partial charge in [-0.05, 0) is 23.8 Å². The number of nitrogens with zero attached hydrogens (tertiary/aromatic N) is 1. The zero-order chi connectivity index (χ0) is 19.0. The first-order valence-electron chi connectivity index (χ1n) is 6.96. The topological polar surface area (TPSA) is 42.4 Å². The molecule has 0 aliphatic rings. The first kappa shape index (κ1) is 19.8. The predicted molar refractivity (Wildman–Crippen MR) is 85.6 cm³/mol. The second-order valence-corrected chi connectivity index (χ2v) is 6.17. The third kappa shape index (κ3) is 3.68. The minimum absolute atomic E-state index is 0.0743. The fourth-order valence-electron chi connectivity index (χ4n) is 2.53. The molecule has 3 nitrogen and oxygen atoms in total. The van der Waals surface area contributed by atoms with Crippen LogP contribution >= 0.6 is 23.2 Å². The van der Waals surface area contributed by atoms with Crippen molar-refractivity contribution in [3.05, 3.63) is 57.5 Å². The average molecular weight is 398 g/mol. The molecule has 0 radical (unpaired) electrons. The Morgan fingerprint density at radius 1 is 1.16 bits per heavy atom. The van der Waals surface area contributed by atoms with Crippen LogP contribution in [0.4, 0.5) is 17.6 Å². The van der Waals surface area contributed by atoms with Gasteiger partial charge in [0.25, 0.3) is 0 Å². The van der Waals surface area contributed by atoms with Crippen molar-refractivity contribution >= 4 is 23.2 Å². The molecule has 0 saturated carbocycles. The Labute approximate surface area is 151 Å². The second kappa shape index (κ2) is 6.97. The Hall–Kier alpha value is -1.57. The maximum Gasteiger partial charge on any atom is 0.422 e. The highest BCUT2D eigenvalue weighted by Gasteiger charge is 2.59. The third-order valence-corrected chi connectivity index (χ3v) is 4.43. The third-order valence-electron chi connectivity index (χ3n) is 3.91. The van der Waals surface area contributed by atoms with Crippen LogP contribution in [0.15, 0.2) is 30.3 Å². The molecule has 1 heterocycles. The van der Waals surface area contributed by atoms with Crippen molar-refractivity contribution in [2.45, 2.75) is 24.6 Å². The maximum atomic E-state index is 13.8. The molecular weight excluding hydrogens is 385 g/mol. The first-order chi connectivity index (χ1) is 11.5. The summed E-state index contributed by atoms with van der Waals surface area (Å²) in [5.41, 5.74) is -3.99. The SMILES string of the molecule is COc1cc(C(O)(C(C)c2ccc(F)cc2Cl)C(F)(F)F)cc(Cl)n1. The van der Waals surface area contributed by atoms with Gasteiger partial charge in [-0.15, -0.1) is 0 Å². The number of ether oxygens (including phenoxy) is 1. The summed E-state index contributed by atoms with van der Waals surface area (Å²) in [5.74, 6) is -2.46. The van der Waals surface area contributed by atoms with Gasteiger partial charge in [0.05, 0.1) is 7.11 Å². The zero-order valence-corrected chi connectivity index (χ0v) is 14.5. The number of hydrogen-bond acceptors (Lipinski definition) is 3. The van der Waals surface area contributed by atoms with E-state index in [1.165, 1.54) is 7.11 Å². The van der Waals surface area contributed by atoms with Gasteiger partial charge in [-0.25, -0.2) is 9.37 Å². The van der Waals surface area contributed by atoms with Gasteiger partial charge in [-0.2, -0.15) is 13.2 Å². The van der Waals surface area contributed by atoms with Crippen molar-refractivity contribution in [1.82, 2.24) is 4.98 Å². The van der Waals surface area contributed by atoms with E-state index in [0.717, 1.165) is 37.3 Å². The summed E-state index contributed by atoms with van der Waals surface area (Å²) < 4.78 is 59.5. The molecule has 2 rings (SSSR count). The van der Waals surface area contributed by atoms with Crippen molar-refractivity contribution in [1.29, 1.82) is 0 Å². The largest absolute Gasteiger partial charge is 0.481 e. The highest BCUT2D eigenvalue weighted by Crippen LogP contribution is 2.50. The summed E-state index contributed by atoms with van der Waals surface area (Å²) in [7, 11) is 1.20. The van der Waals surface area contributed by atoms with Gasteiger partial charge in [-0.1, -0.05) is 36.2 Å². The van der Waals surface area contributed by atoms with E-state index in [4.69, 9.17) is 27.9 Å². The number of pyridine rings is 1. The van der Waals surface area contributed by atoms with Gasteiger partial charge in [0.2, 0.25) is 5.88 Å². The van der Waals surface area contributed by atoms with E-state index in [0.29, 0.717) is 0 Å². The lowest BCUT2D eigenvalue weighted by Crippen LogP contribution is -2.46. The molecular formula is C16H13Cl2F4NO2. The van der Waals surface area contributed by atoms with E-state index < -0.39 is 29.1 Å². The molecule has 25 heavy (non-hydrogen) atoms. The number of halogens is 6. The lowest BCUT2D eigenvalue weighted by molar-refractivity contribution is -0.274. The van der Waals surface area contributed by atoms with Gasteiger partial charge < -0.3 is 9.84 Å². The monoisotopic (exact) mass is 397 g/mol. The highest BCUT2D eigenvalue weighted by molar-refractivity contribution is 6.31. The molecule has 1 aromatic heterocycles. The van der Waals surface area contributed by atoms with Crippen LogP contribution in [-0.2, 0) is 5.60 Å². The number of hydrogen-bond donors (Lipinski definition) is 1. The molecule has 2 atom stereocenters. The normalized spacial score (nSPS) is 15.6.